The molecule has 2 saturated heterocycles. The SMILES string of the molecule is CCN1CCN(c2ccc(NC(=O)CN3CCN(S(=O)(=O)c4cccs4)CC3)cc2)CC1. The summed E-state index contributed by atoms with van der Waals surface area (Å²) in [5, 5.41) is 4.73. The Morgan fingerprint density at radius 3 is 2.19 bits per heavy atom. The van der Waals surface area contributed by atoms with Crippen LogP contribution in [0.2, 0.25) is 0 Å². The molecular weight excluding hydrogens is 446 g/mol. The molecule has 1 N–H and O–H groups in total. The molecule has 174 valence electrons. The highest BCUT2D eigenvalue weighted by Crippen LogP contribution is 2.22. The second-order valence-corrected chi connectivity index (χ2v) is 11.2. The van der Waals surface area contributed by atoms with Crippen molar-refractivity contribution in [1.29, 1.82) is 0 Å². The van der Waals surface area contributed by atoms with Crippen molar-refractivity contribution in [1.82, 2.24) is 14.1 Å². The molecule has 2 fully saturated rings. The fourth-order valence-electron chi connectivity index (χ4n) is 4.15. The molecule has 1 amide bonds. The Balaban J connectivity index is 1.23. The standard InChI is InChI=1S/C22H31N5O3S2/c1-2-24-9-13-26(14-10-24)20-7-5-19(6-8-20)23-21(28)18-25-11-15-27(16-12-25)32(29,30)22-4-3-17-31-22/h3-8,17H,2,9-16,18H2,1H3,(H,23,28). The molecule has 1 aromatic heterocycles. The molecule has 4 rings (SSSR count). The molecular formula is C22H31N5O3S2. The molecule has 1 aromatic carbocycles. The van der Waals surface area contributed by atoms with Gasteiger partial charge in [-0.15, -0.1) is 11.3 Å². The largest absolute Gasteiger partial charge is 0.369 e. The lowest BCUT2D eigenvalue weighted by Crippen LogP contribution is -2.50. The second-order valence-electron chi connectivity index (χ2n) is 8.13. The van der Waals surface area contributed by atoms with E-state index in [1.54, 1.807) is 17.5 Å². The first-order valence-corrected chi connectivity index (χ1v) is 13.4. The van der Waals surface area contributed by atoms with Crippen LogP contribution in [0, 0.1) is 0 Å². The maximum Gasteiger partial charge on any atom is 0.252 e. The van der Waals surface area contributed by atoms with Crippen LogP contribution in [-0.4, -0.2) is 93.9 Å². The number of nitrogens with one attached hydrogen (secondary N) is 1. The van der Waals surface area contributed by atoms with Crippen LogP contribution in [0.5, 0.6) is 0 Å². The summed E-state index contributed by atoms with van der Waals surface area (Å²) < 4.78 is 27.1. The fourth-order valence-corrected chi connectivity index (χ4v) is 6.71. The number of piperazine rings is 2. The number of hydrogen-bond donors (Lipinski definition) is 1. The molecule has 0 radical (unpaired) electrons. The van der Waals surface area contributed by atoms with Crippen LogP contribution in [0.25, 0.3) is 0 Å². The molecule has 0 spiro atoms. The van der Waals surface area contributed by atoms with Gasteiger partial charge in [0.1, 0.15) is 4.21 Å². The predicted molar refractivity (Wildman–Crippen MR) is 129 cm³/mol. The number of amides is 1. The molecule has 0 saturated carbocycles. The van der Waals surface area contributed by atoms with E-state index in [1.807, 2.05) is 17.0 Å². The van der Waals surface area contributed by atoms with Gasteiger partial charge in [-0.1, -0.05) is 13.0 Å². The lowest BCUT2D eigenvalue weighted by molar-refractivity contribution is -0.117. The van der Waals surface area contributed by atoms with Crippen LogP contribution in [0.4, 0.5) is 11.4 Å². The first kappa shape index (κ1) is 23.2. The van der Waals surface area contributed by atoms with E-state index in [1.165, 1.54) is 21.3 Å². The van der Waals surface area contributed by atoms with E-state index in [-0.39, 0.29) is 12.5 Å². The molecule has 2 aliphatic rings. The second kappa shape index (κ2) is 10.3. The van der Waals surface area contributed by atoms with Gasteiger partial charge in [-0.05, 0) is 42.3 Å². The van der Waals surface area contributed by atoms with E-state index in [0.29, 0.717) is 30.4 Å². The minimum atomic E-state index is -3.42. The minimum absolute atomic E-state index is 0.0797. The smallest absolute Gasteiger partial charge is 0.252 e. The summed E-state index contributed by atoms with van der Waals surface area (Å²) in [4.78, 5) is 19.3. The number of rotatable bonds is 7. The first-order chi connectivity index (χ1) is 15.5. The summed E-state index contributed by atoms with van der Waals surface area (Å²) in [7, 11) is -3.42. The van der Waals surface area contributed by atoms with Crippen molar-refractivity contribution in [3.63, 3.8) is 0 Å². The summed E-state index contributed by atoms with van der Waals surface area (Å²) in [6.07, 6.45) is 0. The van der Waals surface area contributed by atoms with Gasteiger partial charge >= 0.3 is 0 Å². The van der Waals surface area contributed by atoms with E-state index in [9.17, 15) is 13.2 Å². The van der Waals surface area contributed by atoms with Gasteiger partial charge in [0.25, 0.3) is 10.0 Å². The Hall–Kier alpha value is -1.98. The van der Waals surface area contributed by atoms with Gasteiger partial charge in [0.15, 0.2) is 0 Å². The van der Waals surface area contributed by atoms with Crippen molar-refractivity contribution < 1.29 is 13.2 Å². The van der Waals surface area contributed by atoms with Crippen molar-refractivity contribution in [2.45, 2.75) is 11.1 Å². The van der Waals surface area contributed by atoms with E-state index < -0.39 is 10.0 Å². The van der Waals surface area contributed by atoms with Crippen molar-refractivity contribution in [3.05, 3.63) is 41.8 Å². The molecule has 0 aliphatic carbocycles. The van der Waals surface area contributed by atoms with Gasteiger partial charge < -0.3 is 15.1 Å². The van der Waals surface area contributed by atoms with Crippen LogP contribution < -0.4 is 10.2 Å². The summed E-state index contributed by atoms with van der Waals surface area (Å²) in [5.74, 6) is -0.0797. The average molecular weight is 478 g/mol. The molecule has 0 atom stereocenters. The Morgan fingerprint density at radius 2 is 1.59 bits per heavy atom. The van der Waals surface area contributed by atoms with Gasteiger partial charge in [0, 0.05) is 63.7 Å². The quantitative estimate of drug-likeness (QED) is 0.656. The zero-order valence-corrected chi connectivity index (χ0v) is 20.1. The summed E-state index contributed by atoms with van der Waals surface area (Å²) in [6.45, 7) is 9.63. The number of carbonyl (C=O) groups is 1. The van der Waals surface area contributed by atoms with E-state index >= 15 is 0 Å². The number of thiophene rings is 1. The highest BCUT2D eigenvalue weighted by atomic mass is 32.2. The third-order valence-corrected chi connectivity index (χ3v) is 9.40. The molecule has 2 aromatic rings. The number of hydrogen-bond acceptors (Lipinski definition) is 7. The third kappa shape index (κ3) is 5.49. The van der Waals surface area contributed by atoms with Gasteiger partial charge in [-0.25, -0.2) is 8.42 Å². The van der Waals surface area contributed by atoms with Crippen LogP contribution in [0.1, 0.15) is 6.92 Å². The van der Waals surface area contributed by atoms with Crippen molar-refractivity contribution >= 4 is 38.6 Å². The number of nitrogens with zero attached hydrogens (tertiary/aromatic N) is 4. The fraction of sp³-hybridized carbons (Fsp3) is 0.500. The summed E-state index contributed by atoms with van der Waals surface area (Å²) in [6, 6.07) is 11.4. The molecule has 3 heterocycles. The molecule has 8 nitrogen and oxygen atoms in total. The Kier molecular flexibility index (Phi) is 7.47. The minimum Gasteiger partial charge on any atom is -0.369 e. The molecule has 2 aliphatic heterocycles. The normalized spacial score (nSPS) is 19.2. The molecule has 0 unspecified atom stereocenters. The van der Waals surface area contributed by atoms with Crippen molar-refractivity contribution in [3.8, 4) is 0 Å². The molecule has 0 bridgehead atoms. The Labute approximate surface area is 194 Å². The number of sulfonamides is 1. The number of carbonyl (C=O) groups excluding carboxylic acids is 1. The highest BCUT2D eigenvalue weighted by molar-refractivity contribution is 7.91. The van der Waals surface area contributed by atoms with Gasteiger partial charge in [-0.3, -0.25) is 9.69 Å². The van der Waals surface area contributed by atoms with Crippen molar-refractivity contribution in [2.75, 3.05) is 75.7 Å². The third-order valence-electron chi connectivity index (χ3n) is 6.12. The Morgan fingerprint density at radius 1 is 0.938 bits per heavy atom. The maximum atomic E-state index is 12.6. The average Bonchev–Trinajstić information content (AvgIpc) is 3.36. The number of benzene rings is 1. The number of anilines is 2. The summed E-state index contributed by atoms with van der Waals surface area (Å²) >= 11 is 1.23. The molecule has 32 heavy (non-hydrogen) atoms. The summed E-state index contributed by atoms with van der Waals surface area (Å²) in [5.41, 5.74) is 1.96. The number of likely N-dealkylation sites (N-methyl/N-ethyl adjacent to an activating group) is 1. The van der Waals surface area contributed by atoms with Crippen LogP contribution in [0.15, 0.2) is 46.0 Å². The zero-order valence-electron chi connectivity index (χ0n) is 18.4. The monoisotopic (exact) mass is 477 g/mol. The van der Waals surface area contributed by atoms with E-state index in [2.05, 4.69) is 34.2 Å². The van der Waals surface area contributed by atoms with Gasteiger partial charge in [0.2, 0.25) is 5.91 Å². The zero-order chi connectivity index (χ0) is 22.6. The molecule has 10 heteroatoms. The lowest BCUT2D eigenvalue weighted by Gasteiger charge is -2.35. The highest BCUT2D eigenvalue weighted by Gasteiger charge is 2.29. The first-order valence-electron chi connectivity index (χ1n) is 11.1. The predicted octanol–water partition coefficient (Wildman–Crippen LogP) is 1.83. The van der Waals surface area contributed by atoms with Gasteiger partial charge in [-0.2, -0.15) is 4.31 Å². The van der Waals surface area contributed by atoms with E-state index in [0.717, 1.165) is 38.4 Å². The van der Waals surface area contributed by atoms with Crippen LogP contribution in [0.3, 0.4) is 0 Å². The van der Waals surface area contributed by atoms with Crippen LogP contribution in [-0.2, 0) is 14.8 Å². The van der Waals surface area contributed by atoms with Crippen LogP contribution >= 0.6 is 11.3 Å². The topological polar surface area (TPSA) is 76.2 Å². The maximum absolute atomic E-state index is 12.6. The lowest BCUT2D eigenvalue weighted by atomic mass is 10.2. The van der Waals surface area contributed by atoms with Crippen molar-refractivity contribution in [2.24, 2.45) is 0 Å². The van der Waals surface area contributed by atoms with Gasteiger partial charge in [0.05, 0.1) is 6.54 Å². The van der Waals surface area contributed by atoms with E-state index in [4.69, 9.17) is 0 Å². The Bertz CT molecular complexity index is 979.